The van der Waals surface area contributed by atoms with Gasteiger partial charge in [0.25, 0.3) is 0 Å². The number of piperidine rings is 1. The summed E-state index contributed by atoms with van der Waals surface area (Å²) in [6.07, 6.45) is 6.86. The molecule has 2 bridgehead atoms. The minimum Gasteiger partial charge on any atom is -0.371 e. The average Bonchev–Trinajstić information content (AvgIpc) is 3.41. The van der Waals surface area contributed by atoms with Crippen LogP contribution in [0.4, 0.5) is 5.82 Å². The number of rotatable bonds is 4. The van der Waals surface area contributed by atoms with Gasteiger partial charge in [-0.25, -0.2) is 4.68 Å². The molecule has 1 aromatic carbocycles. The summed E-state index contributed by atoms with van der Waals surface area (Å²) in [5.74, 6) is 0.903. The lowest BCUT2D eigenvalue weighted by atomic mass is 10.0. The molecule has 3 fully saturated rings. The third-order valence-electron chi connectivity index (χ3n) is 6.99. The normalized spacial score (nSPS) is 25.5. The molecule has 0 radical (unpaired) electrons. The van der Waals surface area contributed by atoms with Gasteiger partial charge in [0.1, 0.15) is 5.82 Å². The minimum atomic E-state index is 0.293. The SMILES string of the molecule is Clc1nc(N2CC3CCC(C2)O3)c2cnn(C3CCN(C(I)c4ccccc4)CC3)c2n1. The Morgan fingerprint density at radius 3 is 2.44 bits per heavy atom. The van der Waals surface area contributed by atoms with Crippen LogP contribution in [-0.4, -0.2) is 63.0 Å². The Balaban J connectivity index is 1.22. The molecular formula is C23H26ClIN6O. The fourth-order valence-corrected chi connectivity index (χ4v) is 6.49. The summed E-state index contributed by atoms with van der Waals surface area (Å²) in [7, 11) is 0. The lowest BCUT2D eigenvalue weighted by Gasteiger charge is -2.35. The van der Waals surface area contributed by atoms with Crippen LogP contribution in [0.25, 0.3) is 11.0 Å². The van der Waals surface area contributed by atoms with E-state index in [1.54, 1.807) is 0 Å². The van der Waals surface area contributed by atoms with Crippen LogP contribution in [0, 0.1) is 0 Å². The Morgan fingerprint density at radius 2 is 1.72 bits per heavy atom. The smallest absolute Gasteiger partial charge is 0.226 e. The van der Waals surface area contributed by atoms with E-state index >= 15 is 0 Å². The number of hydrogen-bond donors (Lipinski definition) is 0. The van der Waals surface area contributed by atoms with E-state index in [0.29, 0.717) is 27.6 Å². The Bertz CT molecular complexity index is 1090. The molecule has 7 nitrogen and oxygen atoms in total. The molecule has 3 atom stereocenters. The van der Waals surface area contributed by atoms with Crippen molar-refractivity contribution in [2.45, 2.75) is 48.0 Å². The van der Waals surface area contributed by atoms with E-state index in [1.807, 2.05) is 6.20 Å². The van der Waals surface area contributed by atoms with Crippen molar-refractivity contribution >= 4 is 51.0 Å². The highest BCUT2D eigenvalue weighted by Crippen LogP contribution is 2.36. The fraction of sp³-hybridized carbons (Fsp3) is 0.522. The maximum Gasteiger partial charge on any atom is 0.226 e. The first-order valence-corrected chi connectivity index (χ1v) is 13.0. The predicted octanol–water partition coefficient (Wildman–Crippen LogP) is 4.62. The molecule has 3 unspecified atom stereocenters. The largest absolute Gasteiger partial charge is 0.371 e. The van der Waals surface area contributed by atoms with Gasteiger partial charge < -0.3 is 9.64 Å². The molecule has 3 aliphatic heterocycles. The zero-order valence-electron chi connectivity index (χ0n) is 17.8. The van der Waals surface area contributed by atoms with Gasteiger partial charge in [-0.05, 0) is 42.8 Å². The first kappa shape index (κ1) is 21.1. The predicted molar refractivity (Wildman–Crippen MR) is 133 cm³/mol. The molecule has 168 valence electrons. The van der Waals surface area contributed by atoms with Crippen LogP contribution in [0.2, 0.25) is 5.28 Å². The van der Waals surface area contributed by atoms with E-state index in [9.17, 15) is 0 Å². The van der Waals surface area contributed by atoms with Crippen molar-refractivity contribution in [1.82, 2.24) is 24.6 Å². The summed E-state index contributed by atoms with van der Waals surface area (Å²) in [6, 6.07) is 11.0. The van der Waals surface area contributed by atoms with E-state index in [-0.39, 0.29) is 0 Å². The summed E-state index contributed by atoms with van der Waals surface area (Å²) in [5.41, 5.74) is 2.21. The van der Waals surface area contributed by atoms with E-state index in [1.165, 1.54) is 5.56 Å². The number of hydrogen-bond acceptors (Lipinski definition) is 6. The summed E-state index contributed by atoms with van der Waals surface area (Å²) < 4.78 is 8.49. The van der Waals surface area contributed by atoms with E-state index < -0.39 is 0 Å². The van der Waals surface area contributed by atoms with Crippen molar-refractivity contribution in [3.8, 4) is 0 Å². The maximum atomic E-state index is 6.40. The molecule has 3 saturated heterocycles. The molecule has 6 rings (SSSR count). The molecule has 0 spiro atoms. The summed E-state index contributed by atoms with van der Waals surface area (Å²) in [4.78, 5) is 14.1. The van der Waals surface area contributed by atoms with Crippen molar-refractivity contribution in [2.24, 2.45) is 0 Å². The standard InChI is InChI=1S/C23H26ClIN6O/c24-23-27-21(30-13-17-6-7-18(14-30)32-17)19-12-26-31(22(19)28-23)16-8-10-29(11-9-16)20(25)15-4-2-1-3-5-15/h1-5,12,16-18,20H,6-11,13-14H2. The van der Waals surface area contributed by atoms with E-state index in [2.05, 4.69) is 77.4 Å². The van der Waals surface area contributed by atoms with E-state index in [4.69, 9.17) is 21.4 Å². The Morgan fingerprint density at radius 1 is 1.00 bits per heavy atom. The van der Waals surface area contributed by atoms with Crippen LogP contribution < -0.4 is 4.90 Å². The van der Waals surface area contributed by atoms with Crippen molar-refractivity contribution in [2.75, 3.05) is 31.1 Å². The number of likely N-dealkylation sites (tertiary alicyclic amines) is 1. The van der Waals surface area contributed by atoms with Gasteiger partial charge in [0.05, 0.1) is 33.9 Å². The number of benzene rings is 1. The quantitative estimate of drug-likeness (QED) is 0.200. The molecule has 3 aromatic rings. The molecule has 2 aromatic heterocycles. The minimum absolute atomic E-state index is 0.293. The van der Waals surface area contributed by atoms with Gasteiger partial charge in [-0.15, -0.1) is 0 Å². The van der Waals surface area contributed by atoms with Gasteiger partial charge in [0.15, 0.2) is 5.65 Å². The molecule has 0 amide bonds. The second-order valence-electron chi connectivity index (χ2n) is 9.02. The average molecular weight is 565 g/mol. The van der Waals surface area contributed by atoms with Crippen LogP contribution in [0.5, 0.6) is 0 Å². The molecule has 9 heteroatoms. The van der Waals surface area contributed by atoms with Crippen LogP contribution in [0.15, 0.2) is 36.5 Å². The van der Waals surface area contributed by atoms with Gasteiger partial charge in [-0.2, -0.15) is 15.1 Å². The maximum absolute atomic E-state index is 6.40. The second-order valence-corrected chi connectivity index (χ2v) is 10.5. The lowest BCUT2D eigenvalue weighted by Crippen LogP contribution is -2.43. The summed E-state index contributed by atoms with van der Waals surface area (Å²) >= 11 is 8.95. The van der Waals surface area contributed by atoms with Crippen LogP contribution in [0.1, 0.15) is 41.3 Å². The van der Waals surface area contributed by atoms with Gasteiger partial charge in [-0.3, -0.25) is 4.90 Å². The Kier molecular flexibility index (Phi) is 5.73. The first-order chi connectivity index (χ1) is 15.7. The number of morpholine rings is 1. The third-order valence-corrected chi connectivity index (χ3v) is 8.67. The summed E-state index contributed by atoms with van der Waals surface area (Å²) in [5, 5.41) is 6.06. The van der Waals surface area contributed by atoms with Gasteiger partial charge in [-0.1, -0.05) is 52.9 Å². The monoisotopic (exact) mass is 564 g/mol. The Labute approximate surface area is 206 Å². The van der Waals surface area contributed by atoms with Crippen LogP contribution in [-0.2, 0) is 4.74 Å². The van der Waals surface area contributed by atoms with Crippen molar-refractivity contribution in [1.29, 1.82) is 0 Å². The highest BCUT2D eigenvalue weighted by Gasteiger charge is 2.35. The number of halogens is 2. The molecule has 0 N–H and O–H groups in total. The molecule has 5 heterocycles. The first-order valence-electron chi connectivity index (χ1n) is 11.4. The van der Waals surface area contributed by atoms with Crippen molar-refractivity contribution in [3.63, 3.8) is 0 Å². The third kappa shape index (κ3) is 3.89. The number of alkyl halides is 1. The number of anilines is 1. The van der Waals surface area contributed by atoms with Crippen molar-refractivity contribution < 1.29 is 4.74 Å². The zero-order chi connectivity index (χ0) is 21.7. The number of aromatic nitrogens is 4. The fourth-order valence-electron chi connectivity index (χ4n) is 5.36. The number of nitrogens with zero attached hydrogens (tertiary/aromatic N) is 6. The number of ether oxygens (including phenoxy) is 1. The second kappa shape index (κ2) is 8.70. The van der Waals surface area contributed by atoms with E-state index in [0.717, 1.165) is 68.7 Å². The van der Waals surface area contributed by atoms with Crippen LogP contribution >= 0.6 is 34.2 Å². The molecule has 0 aliphatic carbocycles. The molecule has 3 aliphatic rings. The lowest BCUT2D eigenvalue weighted by molar-refractivity contribution is 0.0303. The van der Waals surface area contributed by atoms with Gasteiger partial charge >= 0.3 is 0 Å². The van der Waals surface area contributed by atoms with Gasteiger partial charge in [0, 0.05) is 26.2 Å². The molecule has 32 heavy (non-hydrogen) atoms. The van der Waals surface area contributed by atoms with Crippen LogP contribution in [0.3, 0.4) is 0 Å². The number of fused-ring (bicyclic) bond motifs is 3. The topological polar surface area (TPSA) is 59.3 Å². The Hall–Kier alpha value is -1.49. The molecular weight excluding hydrogens is 539 g/mol. The van der Waals surface area contributed by atoms with Crippen molar-refractivity contribution in [3.05, 3.63) is 47.4 Å². The zero-order valence-corrected chi connectivity index (χ0v) is 20.7. The summed E-state index contributed by atoms with van der Waals surface area (Å²) in [6.45, 7) is 3.79. The highest BCUT2D eigenvalue weighted by molar-refractivity contribution is 14.1. The molecule has 0 saturated carbocycles. The highest BCUT2D eigenvalue weighted by atomic mass is 127. The van der Waals surface area contributed by atoms with Gasteiger partial charge in [0.2, 0.25) is 5.28 Å².